The highest BCUT2D eigenvalue weighted by atomic mass is 35.5. The Morgan fingerprint density at radius 3 is 2.60 bits per heavy atom. The number of hydrazine groups is 1. The molecule has 3 N–H and O–H groups in total. The van der Waals surface area contributed by atoms with Gasteiger partial charge in [0.15, 0.2) is 0 Å². The van der Waals surface area contributed by atoms with Gasteiger partial charge in [0.2, 0.25) is 0 Å². The molecule has 2 nitrogen and oxygen atoms in total. The average Bonchev–Trinajstić information content (AvgIpc) is 2.41. The average molecular weight is 293 g/mol. The van der Waals surface area contributed by atoms with Crippen LogP contribution >= 0.6 is 11.6 Å². The van der Waals surface area contributed by atoms with Crippen molar-refractivity contribution in [3.05, 3.63) is 69.5 Å². The Balaban J connectivity index is 2.31. The van der Waals surface area contributed by atoms with Gasteiger partial charge in [-0.1, -0.05) is 29.8 Å². The molecule has 106 valence electrons. The Kier molecular flexibility index (Phi) is 4.76. The molecule has 0 saturated carbocycles. The second-order valence-electron chi connectivity index (χ2n) is 5.02. The van der Waals surface area contributed by atoms with Gasteiger partial charge in [0, 0.05) is 5.02 Å². The van der Waals surface area contributed by atoms with Crippen molar-refractivity contribution in [2.45, 2.75) is 26.3 Å². The van der Waals surface area contributed by atoms with E-state index >= 15 is 0 Å². The maximum absolute atomic E-state index is 13.4. The SMILES string of the molecule is Cc1ccc(CC(NN)c2cc(F)ccc2C)c(Cl)c1. The zero-order chi connectivity index (χ0) is 14.7. The molecule has 2 rings (SSSR count). The van der Waals surface area contributed by atoms with Gasteiger partial charge in [-0.15, -0.1) is 0 Å². The first-order chi connectivity index (χ1) is 9.51. The van der Waals surface area contributed by atoms with E-state index in [9.17, 15) is 4.39 Å². The summed E-state index contributed by atoms with van der Waals surface area (Å²) in [6.45, 7) is 3.93. The number of hydrogen-bond donors (Lipinski definition) is 2. The van der Waals surface area contributed by atoms with E-state index in [0.717, 1.165) is 22.3 Å². The molecule has 0 heterocycles. The fraction of sp³-hybridized carbons (Fsp3) is 0.250. The molecule has 2 aromatic rings. The van der Waals surface area contributed by atoms with Crippen LogP contribution in [-0.2, 0) is 6.42 Å². The summed E-state index contributed by atoms with van der Waals surface area (Å²) in [6.07, 6.45) is 0.611. The van der Waals surface area contributed by atoms with Gasteiger partial charge in [-0.05, 0) is 60.7 Å². The number of benzene rings is 2. The van der Waals surface area contributed by atoms with Crippen molar-refractivity contribution in [3.63, 3.8) is 0 Å². The maximum atomic E-state index is 13.4. The standard InChI is InChI=1S/C16H18ClFN2/c1-10-3-5-12(15(17)7-10)8-16(20-19)14-9-13(18)6-4-11(14)2/h3-7,9,16,20H,8,19H2,1-2H3. The molecular formula is C16H18ClFN2. The van der Waals surface area contributed by atoms with Gasteiger partial charge < -0.3 is 0 Å². The molecule has 0 radical (unpaired) electrons. The van der Waals surface area contributed by atoms with E-state index in [1.54, 1.807) is 6.07 Å². The largest absolute Gasteiger partial charge is 0.271 e. The van der Waals surface area contributed by atoms with E-state index in [0.29, 0.717) is 11.4 Å². The molecule has 1 unspecified atom stereocenters. The summed E-state index contributed by atoms with van der Waals surface area (Å²) in [4.78, 5) is 0. The quantitative estimate of drug-likeness (QED) is 0.664. The summed E-state index contributed by atoms with van der Waals surface area (Å²) in [5.74, 6) is 5.37. The van der Waals surface area contributed by atoms with Crippen LogP contribution in [0.15, 0.2) is 36.4 Å². The molecule has 1 atom stereocenters. The lowest BCUT2D eigenvalue weighted by Gasteiger charge is -2.19. The van der Waals surface area contributed by atoms with E-state index in [2.05, 4.69) is 5.43 Å². The van der Waals surface area contributed by atoms with Crippen LogP contribution in [0.2, 0.25) is 5.02 Å². The minimum atomic E-state index is -0.263. The molecule has 0 aliphatic heterocycles. The van der Waals surface area contributed by atoms with Crippen LogP contribution in [0.5, 0.6) is 0 Å². The lowest BCUT2D eigenvalue weighted by molar-refractivity contribution is 0.542. The smallest absolute Gasteiger partial charge is 0.123 e. The number of rotatable bonds is 4. The van der Waals surface area contributed by atoms with Gasteiger partial charge in [0.05, 0.1) is 6.04 Å². The summed E-state index contributed by atoms with van der Waals surface area (Å²) < 4.78 is 13.4. The molecular weight excluding hydrogens is 275 g/mol. The van der Waals surface area contributed by atoms with Crippen molar-refractivity contribution in [3.8, 4) is 0 Å². The summed E-state index contributed by atoms with van der Waals surface area (Å²) in [5.41, 5.74) is 6.70. The molecule has 0 aromatic heterocycles. The zero-order valence-electron chi connectivity index (χ0n) is 11.6. The monoisotopic (exact) mass is 292 g/mol. The number of halogens is 2. The van der Waals surface area contributed by atoms with Gasteiger partial charge in [-0.25, -0.2) is 4.39 Å². The van der Waals surface area contributed by atoms with E-state index in [-0.39, 0.29) is 11.9 Å². The summed E-state index contributed by atoms with van der Waals surface area (Å²) in [5, 5.41) is 0.708. The fourth-order valence-electron chi connectivity index (χ4n) is 2.28. The maximum Gasteiger partial charge on any atom is 0.123 e. The molecule has 0 spiro atoms. The van der Waals surface area contributed by atoms with E-state index in [4.69, 9.17) is 17.4 Å². The van der Waals surface area contributed by atoms with Crippen LogP contribution in [-0.4, -0.2) is 0 Å². The Morgan fingerprint density at radius 1 is 1.20 bits per heavy atom. The lowest BCUT2D eigenvalue weighted by Crippen LogP contribution is -2.30. The molecule has 0 amide bonds. The minimum absolute atomic E-state index is 0.175. The fourth-order valence-corrected chi connectivity index (χ4v) is 2.60. The topological polar surface area (TPSA) is 38.0 Å². The van der Waals surface area contributed by atoms with Gasteiger partial charge in [0.1, 0.15) is 5.82 Å². The summed E-state index contributed by atoms with van der Waals surface area (Å²) in [6, 6.07) is 10.5. The van der Waals surface area contributed by atoms with E-state index in [1.807, 2.05) is 32.0 Å². The molecule has 0 fully saturated rings. The summed E-state index contributed by atoms with van der Waals surface area (Å²) in [7, 11) is 0. The second-order valence-corrected chi connectivity index (χ2v) is 5.43. The highest BCUT2D eigenvalue weighted by molar-refractivity contribution is 6.31. The van der Waals surface area contributed by atoms with Gasteiger partial charge in [0.25, 0.3) is 0 Å². The molecule has 0 saturated heterocycles. The molecule has 4 heteroatoms. The lowest BCUT2D eigenvalue weighted by atomic mass is 9.95. The molecule has 0 aliphatic rings. The first kappa shape index (κ1) is 15.0. The Labute approximate surface area is 123 Å². The highest BCUT2D eigenvalue weighted by Crippen LogP contribution is 2.26. The normalized spacial score (nSPS) is 12.4. The Bertz CT molecular complexity index is 613. The molecule has 0 aliphatic carbocycles. The first-order valence-corrected chi connectivity index (χ1v) is 6.86. The molecule has 2 aromatic carbocycles. The van der Waals surface area contributed by atoms with Crippen molar-refractivity contribution in [1.29, 1.82) is 0 Å². The van der Waals surface area contributed by atoms with E-state index in [1.165, 1.54) is 12.1 Å². The van der Waals surface area contributed by atoms with Crippen molar-refractivity contribution in [2.24, 2.45) is 5.84 Å². The molecule has 0 bridgehead atoms. The van der Waals surface area contributed by atoms with Crippen molar-refractivity contribution < 1.29 is 4.39 Å². The van der Waals surface area contributed by atoms with Crippen molar-refractivity contribution >= 4 is 11.6 Å². The predicted molar refractivity (Wildman–Crippen MR) is 81.1 cm³/mol. The van der Waals surface area contributed by atoms with Crippen molar-refractivity contribution in [1.82, 2.24) is 5.43 Å². The van der Waals surface area contributed by atoms with Crippen LogP contribution in [0.1, 0.15) is 28.3 Å². The third-order valence-corrected chi connectivity index (χ3v) is 3.80. The predicted octanol–water partition coefficient (Wildman–Crippen LogP) is 3.84. The Hall–Kier alpha value is -1.42. The molecule has 20 heavy (non-hydrogen) atoms. The first-order valence-electron chi connectivity index (χ1n) is 6.48. The number of aryl methyl sites for hydroxylation is 2. The third kappa shape index (κ3) is 3.37. The van der Waals surface area contributed by atoms with Crippen LogP contribution in [0.25, 0.3) is 0 Å². The van der Waals surface area contributed by atoms with Gasteiger partial charge in [-0.2, -0.15) is 0 Å². The minimum Gasteiger partial charge on any atom is -0.271 e. The highest BCUT2D eigenvalue weighted by Gasteiger charge is 2.15. The van der Waals surface area contributed by atoms with Crippen LogP contribution in [0.3, 0.4) is 0 Å². The second kappa shape index (κ2) is 6.35. The third-order valence-electron chi connectivity index (χ3n) is 3.45. The van der Waals surface area contributed by atoms with Crippen molar-refractivity contribution in [2.75, 3.05) is 0 Å². The summed E-state index contributed by atoms with van der Waals surface area (Å²) >= 11 is 6.25. The number of nitrogens with one attached hydrogen (secondary N) is 1. The zero-order valence-corrected chi connectivity index (χ0v) is 12.3. The van der Waals surface area contributed by atoms with E-state index < -0.39 is 0 Å². The van der Waals surface area contributed by atoms with Crippen LogP contribution in [0.4, 0.5) is 4.39 Å². The van der Waals surface area contributed by atoms with Crippen LogP contribution < -0.4 is 11.3 Å². The Morgan fingerprint density at radius 2 is 1.95 bits per heavy atom. The number of nitrogens with two attached hydrogens (primary N) is 1. The van der Waals surface area contributed by atoms with Gasteiger partial charge in [-0.3, -0.25) is 11.3 Å². The van der Waals surface area contributed by atoms with Crippen LogP contribution in [0, 0.1) is 19.7 Å². The number of hydrogen-bond acceptors (Lipinski definition) is 2. The van der Waals surface area contributed by atoms with Gasteiger partial charge >= 0.3 is 0 Å².